The van der Waals surface area contributed by atoms with Crippen molar-refractivity contribution < 1.29 is 44.0 Å². The van der Waals surface area contributed by atoms with E-state index in [0.29, 0.717) is 11.3 Å². The van der Waals surface area contributed by atoms with Gasteiger partial charge in [-0.3, -0.25) is 19.2 Å². The van der Waals surface area contributed by atoms with Crippen molar-refractivity contribution in [3.8, 4) is 5.75 Å². The summed E-state index contributed by atoms with van der Waals surface area (Å²) in [5.41, 5.74) is 2.74. The van der Waals surface area contributed by atoms with Crippen LogP contribution >= 0.6 is 0 Å². The lowest BCUT2D eigenvalue weighted by molar-refractivity contribution is -0.171. The van der Waals surface area contributed by atoms with Crippen LogP contribution in [-0.4, -0.2) is 103 Å². The van der Waals surface area contributed by atoms with Crippen LogP contribution in [0.5, 0.6) is 5.75 Å². The molecule has 2 aliphatic carbocycles. The Hall–Kier alpha value is -3.35. The molecular weight excluding hydrogens is 486 g/mol. The number of likely N-dealkylation sites (N-methyl/N-ethyl adjacent to an activating group) is 1. The number of carbonyl (C=O) groups excluding carboxylic acids is 5. The molecule has 1 aromatic carbocycles. The number of aliphatic hydroxyl groups is 2. The molecule has 1 amide bonds. The number of aliphatic hydroxyl groups excluding tert-OH is 1. The molecule has 202 valence electrons. The molecule has 5 N–H and O–H groups in total. The molecule has 1 saturated carbocycles. The number of amides is 1. The second-order valence-electron chi connectivity index (χ2n) is 10.1. The number of hydrogen-bond donors (Lipinski definition) is 4. The van der Waals surface area contributed by atoms with Gasteiger partial charge in [-0.15, -0.1) is 0 Å². The van der Waals surface area contributed by atoms with Crippen LogP contribution in [0.4, 0.5) is 5.69 Å². The number of methoxy groups -OCH3 is 1. The minimum atomic E-state index is -2.78. The predicted octanol–water partition coefficient (Wildman–Crippen LogP) is -1.10. The Bertz CT molecular complexity index is 1160. The molecule has 0 heterocycles. The van der Waals surface area contributed by atoms with Gasteiger partial charge in [0.05, 0.1) is 31.6 Å². The van der Waals surface area contributed by atoms with Gasteiger partial charge >= 0.3 is 5.97 Å². The summed E-state index contributed by atoms with van der Waals surface area (Å²) in [5, 5.41) is 32.6. The van der Waals surface area contributed by atoms with Crippen LogP contribution in [0.15, 0.2) is 6.07 Å². The second-order valence-corrected chi connectivity index (χ2v) is 10.1. The minimum absolute atomic E-state index is 0.0155. The monoisotopic (exact) mass is 519 g/mol. The second kappa shape index (κ2) is 10.2. The van der Waals surface area contributed by atoms with Gasteiger partial charge in [0.15, 0.2) is 23.0 Å². The van der Waals surface area contributed by atoms with E-state index in [-0.39, 0.29) is 24.0 Å². The Balaban J connectivity index is 2.25. The number of phenols is 1. The number of carbonyl (C=O) groups is 5. The number of fused-ring (bicyclic) bond motifs is 2. The van der Waals surface area contributed by atoms with Crippen molar-refractivity contribution in [1.29, 1.82) is 0 Å². The number of nitrogens with two attached hydrogens (primary N) is 1. The first-order valence-corrected chi connectivity index (χ1v) is 11.8. The number of phenolic OH excluding ortho intramolecular Hbond substituents is 1. The van der Waals surface area contributed by atoms with Crippen LogP contribution in [0.2, 0.25) is 0 Å². The number of esters is 1. The molecule has 0 radical (unpaired) electrons. The van der Waals surface area contributed by atoms with Gasteiger partial charge in [-0.05, 0) is 44.5 Å². The Kier molecular flexibility index (Phi) is 7.77. The number of ketones is 3. The number of Topliss-reactive ketones (excluding diaryl/α,β-unsaturated/α-hetero) is 3. The lowest BCUT2D eigenvalue weighted by atomic mass is 9.56. The molecule has 0 aliphatic heterocycles. The van der Waals surface area contributed by atoms with Gasteiger partial charge in [-0.25, -0.2) is 4.79 Å². The number of rotatable bonds is 8. The van der Waals surface area contributed by atoms with Crippen LogP contribution < -0.4 is 10.6 Å². The fourth-order valence-electron chi connectivity index (χ4n) is 5.78. The summed E-state index contributed by atoms with van der Waals surface area (Å²) in [6.45, 7) is -0.509. The van der Waals surface area contributed by atoms with E-state index in [1.54, 1.807) is 38.0 Å². The minimum Gasteiger partial charge on any atom is -0.506 e. The van der Waals surface area contributed by atoms with Crippen molar-refractivity contribution in [2.75, 3.05) is 46.8 Å². The third-order valence-electron chi connectivity index (χ3n) is 7.56. The van der Waals surface area contributed by atoms with Crippen molar-refractivity contribution in [3.05, 3.63) is 22.8 Å². The van der Waals surface area contributed by atoms with E-state index in [1.165, 1.54) is 6.07 Å². The Morgan fingerprint density at radius 2 is 1.84 bits per heavy atom. The Morgan fingerprint density at radius 3 is 2.32 bits per heavy atom. The highest BCUT2D eigenvalue weighted by Crippen LogP contribution is 2.50. The summed E-state index contributed by atoms with van der Waals surface area (Å²) < 4.78 is 4.73. The fourth-order valence-corrected chi connectivity index (χ4v) is 5.78. The SMILES string of the molecule is COC(=O)c1cc(N(C)C)c2c(c1O)C(=O)C1C(=O)[C@](O)(C(=O)CC(N)=O)[C@H](C(CO)N(C)C)C[C@@H]1C2. The van der Waals surface area contributed by atoms with E-state index in [0.717, 1.165) is 7.11 Å². The third-order valence-corrected chi connectivity index (χ3v) is 7.56. The number of nitrogens with zero attached hydrogens (tertiary/aromatic N) is 2. The maximum absolute atomic E-state index is 13.9. The molecule has 3 rings (SSSR count). The highest BCUT2D eigenvalue weighted by atomic mass is 16.5. The molecule has 12 nitrogen and oxygen atoms in total. The molecule has 12 heteroatoms. The molecule has 1 fully saturated rings. The van der Waals surface area contributed by atoms with E-state index in [1.807, 2.05) is 0 Å². The highest BCUT2D eigenvalue weighted by molar-refractivity contribution is 6.24. The molecule has 0 aromatic heterocycles. The average molecular weight is 520 g/mol. The van der Waals surface area contributed by atoms with Crippen molar-refractivity contribution in [2.24, 2.45) is 23.5 Å². The summed E-state index contributed by atoms with van der Waals surface area (Å²) in [6, 6.07) is 0.547. The smallest absolute Gasteiger partial charge is 0.341 e. The van der Waals surface area contributed by atoms with Crippen LogP contribution in [0.25, 0.3) is 0 Å². The van der Waals surface area contributed by atoms with Gasteiger partial charge in [0, 0.05) is 31.7 Å². The quantitative estimate of drug-likeness (QED) is 0.241. The molecule has 5 atom stereocenters. The zero-order chi connectivity index (χ0) is 28.0. The summed E-state index contributed by atoms with van der Waals surface area (Å²) in [4.78, 5) is 67.8. The Morgan fingerprint density at radius 1 is 1.22 bits per heavy atom. The van der Waals surface area contributed by atoms with Crippen molar-refractivity contribution >= 4 is 34.9 Å². The van der Waals surface area contributed by atoms with Crippen LogP contribution in [0.3, 0.4) is 0 Å². The molecule has 0 bridgehead atoms. The first-order chi connectivity index (χ1) is 17.2. The first-order valence-electron chi connectivity index (χ1n) is 11.8. The Labute approximate surface area is 214 Å². The zero-order valence-corrected chi connectivity index (χ0v) is 21.5. The van der Waals surface area contributed by atoms with Gasteiger partial charge in [-0.1, -0.05) is 0 Å². The van der Waals surface area contributed by atoms with E-state index in [2.05, 4.69) is 0 Å². The van der Waals surface area contributed by atoms with E-state index in [4.69, 9.17) is 10.5 Å². The maximum Gasteiger partial charge on any atom is 0.341 e. The van der Waals surface area contributed by atoms with Crippen molar-refractivity contribution in [2.45, 2.75) is 30.9 Å². The lowest BCUT2D eigenvalue weighted by Crippen LogP contribution is -2.67. The van der Waals surface area contributed by atoms with Crippen LogP contribution in [0.1, 0.15) is 39.1 Å². The standard InChI is InChI=1S/C25H33N3O9/c1-27(2)15-8-13(24(35)37-5)21(32)20-12(15)6-11-7-14(16(10-29)28(3)4)25(36,17(30)9-18(26)31)23(34)19(11)22(20)33/h8,11,14,16,19,29,32,36H,6-7,9-10H2,1-5H3,(H2,26,31)/t11-,14-,16?,19?,25+/m0/s1. The lowest BCUT2D eigenvalue weighted by Gasteiger charge is -2.49. The highest BCUT2D eigenvalue weighted by Gasteiger charge is 2.63. The molecule has 0 spiro atoms. The molecule has 1 aromatic rings. The van der Waals surface area contributed by atoms with Gasteiger partial charge in [-0.2, -0.15) is 0 Å². The number of hydrogen-bond acceptors (Lipinski definition) is 11. The van der Waals surface area contributed by atoms with Crippen LogP contribution in [-0.2, 0) is 25.5 Å². The van der Waals surface area contributed by atoms with Gasteiger partial charge < -0.3 is 35.6 Å². The van der Waals surface area contributed by atoms with E-state index in [9.17, 15) is 39.3 Å². The number of ether oxygens (including phenoxy) is 1. The van der Waals surface area contributed by atoms with E-state index < -0.39 is 77.4 Å². The molecule has 2 unspecified atom stereocenters. The molecule has 2 aliphatic rings. The van der Waals surface area contributed by atoms with Gasteiger partial charge in [0.2, 0.25) is 5.91 Å². The number of benzene rings is 1. The van der Waals surface area contributed by atoms with Gasteiger partial charge in [0.1, 0.15) is 11.3 Å². The summed E-state index contributed by atoms with van der Waals surface area (Å²) in [7, 11) is 7.71. The zero-order valence-electron chi connectivity index (χ0n) is 21.5. The summed E-state index contributed by atoms with van der Waals surface area (Å²) in [6.07, 6.45) is -0.838. The first kappa shape index (κ1) is 28.2. The topological polar surface area (TPSA) is 188 Å². The van der Waals surface area contributed by atoms with E-state index >= 15 is 0 Å². The summed E-state index contributed by atoms with van der Waals surface area (Å²) >= 11 is 0. The molecular formula is C25H33N3O9. The molecule has 0 saturated heterocycles. The van der Waals surface area contributed by atoms with Crippen molar-refractivity contribution in [1.82, 2.24) is 4.90 Å². The van der Waals surface area contributed by atoms with Crippen LogP contribution in [0, 0.1) is 17.8 Å². The largest absolute Gasteiger partial charge is 0.506 e. The normalized spacial score (nSPS) is 25.8. The molecule has 37 heavy (non-hydrogen) atoms. The number of primary amides is 1. The average Bonchev–Trinajstić information content (AvgIpc) is 2.81. The third kappa shape index (κ3) is 4.49. The van der Waals surface area contributed by atoms with Gasteiger partial charge in [0.25, 0.3) is 0 Å². The number of aromatic hydroxyl groups is 1. The maximum atomic E-state index is 13.9. The fraction of sp³-hybridized carbons (Fsp3) is 0.560. The van der Waals surface area contributed by atoms with Crippen molar-refractivity contribution in [3.63, 3.8) is 0 Å². The predicted molar refractivity (Wildman–Crippen MR) is 130 cm³/mol. The number of anilines is 1. The summed E-state index contributed by atoms with van der Waals surface area (Å²) in [5.74, 6) is -9.09.